The molecule has 1 aromatic heterocycles. The second-order valence-electron chi connectivity index (χ2n) is 6.53. The zero-order chi connectivity index (χ0) is 16.9. The van der Waals surface area contributed by atoms with Crippen molar-refractivity contribution in [1.29, 1.82) is 0 Å². The topological polar surface area (TPSA) is 33.5 Å². The summed E-state index contributed by atoms with van der Waals surface area (Å²) < 4.78 is 7.33. The summed E-state index contributed by atoms with van der Waals surface area (Å²) in [7, 11) is 3.74. The summed E-state index contributed by atoms with van der Waals surface area (Å²) in [6, 6.07) is 11.0. The van der Waals surface area contributed by atoms with E-state index in [9.17, 15) is 0 Å². The maximum Gasteiger partial charge on any atom is 0.119 e. The maximum absolute atomic E-state index is 5.35. The smallest absolute Gasteiger partial charge is 0.119 e. The molecule has 0 aliphatic carbocycles. The quantitative estimate of drug-likeness (QED) is 0.815. The molecule has 5 heteroatoms. The first-order chi connectivity index (χ1) is 11.7. The fourth-order valence-electron chi connectivity index (χ4n) is 3.41. The maximum atomic E-state index is 5.35. The highest BCUT2D eigenvalue weighted by Gasteiger charge is 2.22. The number of methoxy groups -OCH3 is 1. The predicted molar refractivity (Wildman–Crippen MR) is 96.3 cm³/mol. The predicted octanol–water partition coefficient (Wildman–Crippen LogP) is 2.35. The molecule has 2 aromatic rings. The van der Waals surface area contributed by atoms with Gasteiger partial charge in [0, 0.05) is 64.1 Å². The van der Waals surface area contributed by atoms with Gasteiger partial charge in [-0.3, -0.25) is 9.58 Å². The van der Waals surface area contributed by atoms with Crippen LogP contribution in [0.25, 0.3) is 0 Å². The minimum Gasteiger partial charge on any atom is -0.497 e. The molecule has 1 aliphatic heterocycles. The molecule has 1 atom stereocenters. The van der Waals surface area contributed by atoms with Gasteiger partial charge in [0.05, 0.1) is 7.11 Å². The molecule has 2 heterocycles. The number of rotatable bonds is 6. The first-order valence-electron chi connectivity index (χ1n) is 8.74. The molecule has 1 aliphatic rings. The number of aromatic nitrogens is 2. The highest BCUT2D eigenvalue weighted by Crippen LogP contribution is 2.24. The van der Waals surface area contributed by atoms with Gasteiger partial charge in [-0.05, 0) is 30.7 Å². The van der Waals surface area contributed by atoms with Crippen molar-refractivity contribution < 1.29 is 4.74 Å². The van der Waals surface area contributed by atoms with Crippen LogP contribution in [0.1, 0.15) is 24.2 Å². The Labute approximate surface area is 144 Å². The van der Waals surface area contributed by atoms with Crippen LogP contribution in [-0.4, -0.2) is 59.4 Å². The Kier molecular flexibility index (Phi) is 5.53. The average Bonchev–Trinajstić information content (AvgIpc) is 3.05. The molecule has 0 radical (unpaired) electrons. The van der Waals surface area contributed by atoms with Gasteiger partial charge in [0.1, 0.15) is 5.75 Å². The van der Waals surface area contributed by atoms with Gasteiger partial charge in [-0.15, -0.1) is 0 Å². The van der Waals surface area contributed by atoms with Crippen LogP contribution in [-0.2, 0) is 13.5 Å². The van der Waals surface area contributed by atoms with Crippen molar-refractivity contribution >= 4 is 0 Å². The number of hydrogen-bond donors (Lipinski definition) is 0. The minimum absolute atomic E-state index is 0.430. The van der Waals surface area contributed by atoms with Crippen LogP contribution in [0, 0.1) is 0 Å². The van der Waals surface area contributed by atoms with Gasteiger partial charge in [-0.1, -0.05) is 12.1 Å². The van der Waals surface area contributed by atoms with Crippen molar-refractivity contribution in [2.24, 2.45) is 7.05 Å². The Hall–Kier alpha value is -1.85. The largest absolute Gasteiger partial charge is 0.497 e. The fraction of sp³-hybridized carbons (Fsp3) is 0.526. The lowest BCUT2D eigenvalue weighted by atomic mass is 10.1. The zero-order valence-corrected chi connectivity index (χ0v) is 15.0. The van der Waals surface area contributed by atoms with E-state index in [1.165, 1.54) is 11.3 Å². The molecule has 0 bridgehead atoms. The molecule has 0 amide bonds. The van der Waals surface area contributed by atoms with Crippen LogP contribution in [0.3, 0.4) is 0 Å². The first kappa shape index (κ1) is 17.0. The Bertz CT molecular complexity index is 646. The Morgan fingerprint density at radius 3 is 2.62 bits per heavy atom. The molecule has 130 valence electrons. The lowest BCUT2D eigenvalue weighted by Gasteiger charge is -2.38. The van der Waals surface area contributed by atoms with E-state index < -0.39 is 0 Å². The molecule has 0 unspecified atom stereocenters. The van der Waals surface area contributed by atoms with Crippen molar-refractivity contribution in [3.63, 3.8) is 0 Å². The number of aryl methyl sites for hydroxylation is 1. The van der Waals surface area contributed by atoms with E-state index in [-0.39, 0.29) is 0 Å². The summed E-state index contributed by atoms with van der Waals surface area (Å²) in [4.78, 5) is 5.12. The summed E-state index contributed by atoms with van der Waals surface area (Å²) in [6.07, 6.45) is 2.95. The third-order valence-electron chi connectivity index (χ3n) is 5.14. The van der Waals surface area contributed by atoms with Crippen LogP contribution >= 0.6 is 0 Å². The van der Waals surface area contributed by atoms with Crippen LogP contribution in [0.2, 0.25) is 0 Å². The lowest BCUT2D eigenvalue weighted by Crippen LogP contribution is -2.47. The molecule has 1 aromatic carbocycles. The highest BCUT2D eigenvalue weighted by atomic mass is 16.5. The summed E-state index contributed by atoms with van der Waals surface area (Å²) in [6.45, 7) is 7.90. The van der Waals surface area contributed by atoms with Crippen molar-refractivity contribution in [3.8, 4) is 5.75 Å². The van der Waals surface area contributed by atoms with Crippen molar-refractivity contribution in [2.45, 2.75) is 19.4 Å². The molecular formula is C19H28N4O. The monoisotopic (exact) mass is 328 g/mol. The van der Waals surface area contributed by atoms with Crippen LogP contribution in [0.15, 0.2) is 36.5 Å². The summed E-state index contributed by atoms with van der Waals surface area (Å²) in [5, 5.41) is 4.24. The number of piperazine rings is 1. The molecular weight excluding hydrogens is 300 g/mol. The van der Waals surface area contributed by atoms with E-state index in [2.05, 4.69) is 46.1 Å². The molecule has 24 heavy (non-hydrogen) atoms. The van der Waals surface area contributed by atoms with E-state index in [1.54, 1.807) is 7.11 Å². The van der Waals surface area contributed by atoms with Gasteiger partial charge in [0.15, 0.2) is 0 Å². The fourth-order valence-corrected chi connectivity index (χ4v) is 3.41. The normalized spacial score (nSPS) is 17.8. The SMILES string of the molecule is COc1cccc([C@@H](C)N2CCN(CCc3ccnn3C)CC2)c1. The van der Waals surface area contributed by atoms with E-state index in [1.807, 2.05) is 24.0 Å². The van der Waals surface area contributed by atoms with E-state index in [4.69, 9.17) is 4.74 Å². The van der Waals surface area contributed by atoms with Crippen LogP contribution in [0.4, 0.5) is 0 Å². The number of hydrogen-bond acceptors (Lipinski definition) is 4. The Balaban J connectivity index is 1.50. The average molecular weight is 328 g/mol. The standard InChI is InChI=1S/C19H28N4O/c1-16(17-5-4-6-19(15-17)24-3)23-13-11-22(12-14-23)10-8-18-7-9-20-21(18)2/h4-7,9,15-16H,8,10-14H2,1-3H3/t16-/m1/s1. The molecule has 1 fully saturated rings. The molecule has 0 saturated carbocycles. The number of benzene rings is 1. The lowest BCUT2D eigenvalue weighted by molar-refractivity contribution is 0.103. The minimum atomic E-state index is 0.430. The van der Waals surface area contributed by atoms with Gasteiger partial charge in [0.25, 0.3) is 0 Å². The third kappa shape index (κ3) is 3.97. The Morgan fingerprint density at radius 2 is 1.96 bits per heavy atom. The highest BCUT2D eigenvalue weighted by molar-refractivity contribution is 5.30. The number of ether oxygens (including phenoxy) is 1. The zero-order valence-electron chi connectivity index (χ0n) is 15.0. The van der Waals surface area contributed by atoms with Gasteiger partial charge in [0.2, 0.25) is 0 Å². The second-order valence-corrected chi connectivity index (χ2v) is 6.53. The van der Waals surface area contributed by atoms with Gasteiger partial charge < -0.3 is 9.64 Å². The van der Waals surface area contributed by atoms with E-state index in [0.717, 1.165) is 44.9 Å². The number of nitrogens with zero attached hydrogens (tertiary/aromatic N) is 4. The van der Waals surface area contributed by atoms with Gasteiger partial charge in [-0.2, -0.15) is 5.10 Å². The molecule has 0 spiro atoms. The summed E-state index contributed by atoms with van der Waals surface area (Å²) in [5.74, 6) is 0.939. The van der Waals surface area contributed by atoms with E-state index in [0.29, 0.717) is 6.04 Å². The molecule has 3 rings (SSSR count). The Morgan fingerprint density at radius 1 is 1.17 bits per heavy atom. The van der Waals surface area contributed by atoms with E-state index >= 15 is 0 Å². The molecule has 1 saturated heterocycles. The van der Waals surface area contributed by atoms with Crippen molar-refractivity contribution in [2.75, 3.05) is 39.8 Å². The van der Waals surface area contributed by atoms with Crippen molar-refractivity contribution in [1.82, 2.24) is 19.6 Å². The summed E-state index contributed by atoms with van der Waals surface area (Å²) in [5.41, 5.74) is 2.64. The van der Waals surface area contributed by atoms with Gasteiger partial charge >= 0.3 is 0 Å². The molecule has 0 N–H and O–H groups in total. The summed E-state index contributed by atoms with van der Waals surface area (Å²) >= 11 is 0. The third-order valence-corrected chi connectivity index (χ3v) is 5.14. The van der Waals surface area contributed by atoms with Crippen LogP contribution in [0.5, 0.6) is 5.75 Å². The van der Waals surface area contributed by atoms with Gasteiger partial charge in [-0.25, -0.2) is 0 Å². The first-order valence-corrected chi connectivity index (χ1v) is 8.74. The van der Waals surface area contributed by atoms with Crippen LogP contribution < -0.4 is 4.74 Å². The second kappa shape index (κ2) is 7.81. The van der Waals surface area contributed by atoms with Crippen molar-refractivity contribution in [3.05, 3.63) is 47.8 Å². The molecule has 5 nitrogen and oxygen atoms in total.